The first-order valence-corrected chi connectivity index (χ1v) is 9.30. The number of urea groups is 1. The Bertz CT molecular complexity index is 1150. The second kappa shape index (κ2) is 7.11. The van der Waals surface area contributed by atoms with Crippen LogP contribution >= 0.6 is 0 Å². The summed E-state index contributed by atoms with van der Waals surface area (Å²) >= 11 is 0. The molecule has 30 heavy (non-hydrogen) atoms. The van der Waals surface area contributed by atoms with Gasteiger partial charge in [0.2, 0.25) is 0 Å². The van der Waals surface area contributed by atoms with Crippen molar-refractivity contribution in [3.8, 4) is 5.69 Å². The Morgan fingerprint density at radius 2 is 1.90 bits per heavy atom. The molecule has 0 bridgehead atoms. The standard InChI is InChI=1S/C21H20N6O3/c1-13-9-15(26-12-22-11-23-26)7-8-17(13)18(28)24-14-5-4-6-16(10-14)27-19(29)21(2,3)25-20(27)30/h4-12H,1-3H3,(H,24,28)(H,25,30). The van der Waals surface area contributed by atoms with Crippen LogP contribution in [-0.4, -0.2) is 38.1 Å². The lowest BCUT2D eigenvalue weighted by atomic mass is 10.1. The van der Waals surface area contributed by atoms with Crippen LogP contribution in [0.4, 0.5) is 16.2 Å². The molecule has 1 aliphatic rings. The van der Waals surface area contributed by atoms with Crippen LogP contribution in [0.25, 0.3) is 5.69 Å². The van der Waals surface area contributed by atoms with E-state index in [1.807, 2.05) is 13.0 Å². The van der Waals surface area contributed by atoms with Gasteiger partial charge in [0, 0.05) is 11.3 Å². The number of rotatable bonds is 4. The Kier molecular flexibility index (Phi) is 4.57. The van der Waals surface area contributed by atoms with Crippen molar-refractivity contribution in [3.05, 3.63) is 66.2 Å². The van der Waals surface area contributed by atoms with Gasteiger partial charge in [-0.05, 0) is 62.7 Å². The molecule has 2 heterocycles. The summed E-state index contributed by atoms with van der Waals surface area (Å²) in [5.41, 5.74) is 1.96. The quantitative estimate of drug-likeness (QED) is 0.650. The Balaban J connectivity index is 1.55. The lowest BCUT2D eigenvalue weighted by molar-refractivity contribution is -0.121. The van der Waals surface area contributed by atoms with Gasteiger partial charge in [0.1, 0.15) is 18.2 Å². The second-order valence-electron chi connectivity index (χ2n) is 7.54. The number of hydrogen-bond donors (Lipinski definition) is 2. The van der Waals surface area contributed by atoms with Crippen molar-refractivity contribution in [1.29, 1.82) is 0 Å². The maximum atomic E-state index is 12.8. The average Bonchev–Trinajstić information content (AvgIpc) is 3.28. The molecule has 0 unspecified atom stereocenters. The van der Waals surface area contributed by atoms with Crippen molar-refractivity contribution in [2.45, 2.75) is 26.3 Å². The summed E-state index contributed by atoms with van der Waals surface area (Å²) in [5.74, 6) is -0.650. The first-order chi connectivity index (χ1) is 14.3. The van der Waals surface area contributed by atoms with Crippen LogP contribution in [0, 0.1) is 6.92 Å². The number of carbonyl (C=O) groups is 3. The third-order valence-electron chi connectivity index (χ3n) is 4.86. The topological polar surface area (TPSA) is 109 Å². The summed E-state index contributed by atoms with van der Waals surface area (Å²) in [7, 11) is 0. The molecule has 152 valence electrons. The van der Waals surface area contributed by atoms with E-state index >= 15 is 0 Å². The van der Waals surface area contributed by atoms with Crippen LogP contribution in [0.2, 0.25) is 0 Å². The summed E-state index contributed by atoms with van der Waals surface area (Å²) in [6, 6.07) is 11.5. The normalized spacial score (nSPS) is 15.2. The molecular weight excluding hydrogens is 384 g/mol. The van der Waals surface area contributed by atoms with E-state index in [0.717, 1.165) is 16.2 Å². The number of carbonyl (C=O) groups excluding carboxylic acids is 3. The highest BCUT2D eigenvalue weighted by molar-refractivity contribution is 6.23. The van der Waals surface area contributed by atoms with Gasteiger partial charge >= 0.3 is 6.03 Å². The summed E-state index contributed by atoms with van der Waals surface area (Å²) < 4.78 is 1.61. The molecule has 9 heteroatoms. The van der Waals surface area contributed by atoms with Gasteiger partial charge in [0.15, 0.2) is 0 Å². The Morgan fingerprint density at radius 1 is 1.10 bits per heavy atom. The van der Waals surface area contributed by atoms with Gasteiger partial charge in [0.05, 0.1) is 11.4 Å². The van der Waals surface area contributed by atoms with E-state index in [1.165, 1.54) is 6.33 Å². The number of imide groups is 1. The molecule has 1 aromatic heterocycles. The van der Waals surface area contributed by atoms with Gasteiger partial charge in [-0.1, -0.05) is 6.07 Å². The molecule has 2 N–H and O–H groups in total. The maximum absolute atomic E-state index is 12.8. The zero-order valence-corrected chi connectivity index (χ0v) is 16.7. The number of benzene rings is 2. The van der Waals surface area contributed by atoms with Gasteiger partial charge < -0.3 is 10.6 Å². The number of aryl methyl sites for hydroxylation is 1. The third-order valence-corrected chi connectivity index (χ3v) is 4.86. The Hall–Kier alpha value is -4.01. The number of hydrogen-bond acceptors (Lipinski definition) is 5. The Morgan fingerprint density at radius 3 is 2.53 bits per heavy atom. The minimum atomic E-state index is -0.973. The molecule has 1 aliphatic heterocycles. The molecule has 3 aromatic rings. The first kappa shape index (κ1) is 19.3. The second-order valence-corrected chi connectivity index (χ2v) is 7.54. The molecule has 0 spiro atoms. The number of nitrogens with one attached hydrogen (secondary N) is 2. The molecule has 2 aromatic carbocycles. The van der Waals surface area contributed by atoms with Crippen molar-refractivity contribution in [2.24, 2.45) is 0 Å². The van der Waals surface area contributed by atoms with Crippen LogP contribution in [0.15, 0.2) is 55.1 Å². The molecule has 4 amide bonds. The van der Waals surface area contributed by atoms with Gasteiger partial charge in [0.25, 0.3) is 11.8 Å². The Labute approximate surface area is 172 Å². The fourth-order valence-corrected chi connectivity index (χ4v) is 3.29. The summed E-state index contributed by atoms with van der Waals surface area (Å²) in [6.07, 6.45) is 3.02. The highest BCUT2D eigenvalue weighted by atomic mass is 16.2. The van der Waals surface area contributed by atoms with E-state index in [2.05, 4.69) is 20.7 Å². The number of amides is 4. The largest absolute Gasteiger partial charge is 0.329 e. The predicted molar refractivity (Wildman–Crippen MR) is 111 cm³/mol. The summed E-state index contributed by atoms with van der Waals surface area (Å²) in [4.78, 5) is 42.5. The zero-order chi connectivity index (χ0) is 21.5. The number of nitrogens with zero attached hydrogens (tertiary/aromatic N) is 4. The monoisotopic (exact) mass is 404 g/mol. The van der Waals surface area contributed by atoms with Crippen molar-refractivity contribution in [2.75, 3.05) is 10.2 Å². The smallest absolute Gasteiger partial charge is 0.323 e. The highest BCUT2D eigenvalue weighted by Gasteiger charge is 2.45. The lowest BCUT2D eigenvalue weighted by Gasteiger charge is -2.17. The third kappa shape index (κ3) is 3.41. The predicted octanol–water partition coefficient (Wildman–Crippen LogP) is 2.66. The average molecular weight is 404 g/mol. The van der Waals surface area contributed by atoms with Gasteiger partial charge in [-0.3, -0.25) is 9.59 Å². The fraction of sp³-hybridized carbons (Fsp3) is 0.190. The molecule has 0 saturated carbocycles. The molecule has 1 fully saturated rings. The van der Waals surface area contributed by atoms with Crippen molar-refractivity contribution in [3.63, 3.8) is 0 Å². The van der Waals surface area contributed by atoms with Crippen molar-refractivity contribution in [1.82, 2.24) is 20.1 Å². The summed E-state index contributed by atoms with van der Waals surface area (Å²) in [6.45, 7) is 5.12. The van der Waals surface area contributed by atoms with Crippen LogP contribution in [0.5, 0.6) is 0 Å². The highest BCUT2D eigenvalue weighted by Crippen LogP contribution is 2.27. The number of aromatic nitrogens is 3. The minimum absolute atomic E-state index is 0.299. The molecular formula is C21H20N6O3. The van der Waals surface area contributed by atoms with Crippen molar-refractivity contribution >= 4 is 29.2 Å². The molecule has 0 radical (unpaired) electrons. The molecule has 0 atom stereocenters. The van der Waals surface area contributed by atoms with E-state index in [-0.39, 0.29) is 11.8 Å². The molecule has 4 rings (SSSR count). The first-order valence-electron chi connectivity index (χ1n) is 9.30. The van der Waals surface area contributed by atoms with E-state index in [1.54, 1.807) is 61.3 Å². The lowest BCUT2D eigenvalue weighted by Crippen LogP contribution is -2.40. The van der Waals surface area contributed by atoms with Crippen molar-refractivity contribution < 1.29 is 14.4 Å². The van der Waals surface area contributed by atoms with E-state index in [4.69, 9.17) is 0 Å². The van der Waals surface area contributed by atoms with Gasteiger partial charge in [-0.15, -0.1) is 0 Å². The number of anilines is 2. The van der Waals surface area contributed by atoms with E-state index < -0.39 is 11.6 Å². The zero-order valence-electron chi connectivity index (χ0n) is 16.7. The minimum Gasteiger partial charge on any atom is -0.323 e. The molecule has 1 saturated heterocycles. The van der Waals surface area contributed by atoms with E-state index in [9.17, 15) is 14.4 Å². The fourth-order valence-electron chi connectivity index (χ4n) is 3.29. The van der Waals surface area contributed by atoms with Crippen LogP contribution in [-0.2, 0) is 4.79 Å². The van der Waals surface area contributed by atoms with Crippen LogP contribution < -0.4 is 15.5 Å². The SMILES string of the molecule is Cc1cc(-n2cncn2)ccc1C(=O)Nc1cccc(N2C(=O)NC(C)(C)C2=O)c1. The van der Waals surface area contributed by atoms with E-state index in [0.29, 0.717) is 16.9 Å². The molecule has 9 nitrogen and oxygen atoms in total. The maximum Gasteiger partial charge on any atom is 0.329 e. The molecule has 0 aliphatic carbocycles. The van der Waals surface area contributed by atoms with Gasteiger partial charge in [-0.2, -0.15) is 5.10 Å². The van der Waals surface area contributed by atoms with Crippen LogP contribution in [0.1, 0.15) is 29.8 Å². The summed E-state index contributed by atoms with van der Waals surface area (Å²) in [5, 5.41) is 9.54. The van der Waals surface area contributed by atoms with Gasteiger partial charge in [-0.25, -0.2) is 19.4 Å². The van der Waals surface area contributed by atoms with Crippen LogP contribution in [0.3, 0.4) is 0 Å².